The van der Waals surface area contributed by atoms with E-state index in [4.69, 9.17) is 18.9 Å². The average Bonchev–Trinajstić information content (AvgIpc) is 3.71. The van der Waals surface area contributed by atoms with Crippen LogP contribution in [-0.4, -0.2) is 51.7 Å². The Morgan fingerprint density at radius 1 is 1.10 bits per heavy atom. The second-order valence-corrected chi connectivity index (χ2v) is 10.4. The van der Waals surface area contributed by atoms with Gasteiger partial charge >= 0.3 is 0 Å². The minimum Gasteiger partial charge on any atom is -0.467 e. The van der Waals surface area contributed by atoms with Crippen molar-refractivity contribution in [3.63, 3.8) is 0 Å². The number of thioether (sulfide) groups is 1. The normalized spacial score (nSPS) is 17.5. The van der Waals surface area contributed by atoms with Gasteiger partial charge in [-0.1, -0.05) is 30.8 Å². The van der Waals surface area contributed by atoms with Gasteiger partial charge in [-0.25, -0.2) is 4.99 Å². The lowest BCUT2D eigenvalue weighted by Crippen LogP contribution is -2.46. The van der Waals surface area contributed by atoms with Crippen LogP contribution in [0.2, 0.25) is 0 Å². The van der Waals surface area contributed by atoms with Crippen molar-refractivity contribution in [1.82, 2.24) is 10.2 Å². The maximum Gasteiger partial charge on any atom is 0.271 e. The van der Waals surface area contributed by atoms with E-state index in [0.29, 0.717) is 51.6 Å². The molecule has 11 nitrogen and oxygen atoms in total. The SMILES string of the molecule is CCC(SC1=Nc2ccccc2C2=NC(=O)C(CC(=O)NCc3ccco3)N12)C(=O)Nc1ccc2c(c1)OCO2. The lowest BCUT2D eigenvalue weighted by molar-refractivity contribution is -0.126. The van der Waals surface area contributed by atoms with Crippen LogP contribution in [0.1, 0.15) is 31.1 Å². The number of rotatable bonds is 8. The number of para-hydroxylation sites is 1. The zero-order chi connectivity index (χ0) is 27.6. The third kappa shape index (κ3) is 5.05. The van der Waals surface area contributed by atoms with Crippen molar-refractivity contribution in [2.75, 3.05) is 12.1 Å². The van der Waals surface area contributed by atoms with Crippen LogP contribution in [0.3, 0.4) is 0 Å². The van der Waals surface area contributed by atoms with E-state index in [1.54, 1.807) is 35.2 Å². The largest absolute Gasteiger partial charge is 0.467 e. The number of furan rings is 1. The number of ether oxygens (including phenoxy) is 2. The maximum absolute atomic E-state index is 13.3. The fourth-order valence-electron chi connectivity index (χ4n) is 4.58. The second kappa shape index (κ2) is 10.9. The molecule has 0 radical (unpaired) electrons. The molecular weight excluding hydrogens is 534 g/mol. The molecule has 3 aliphatic heterocycles. The fraction of sp³-hybridized carbons (Fsp3) is 0.250. The van der Waals surface area contributed by atoms with E-state index in [2.05, 4.69) is 15.6 Å². The van der Waals surface area contributed by atoms with E-state index in [1.807, 2.05) is 31.2 Å². The lowest BCUT2D eigenvalue weighted by Gasteiger charge is -2.32. The number of carbonyl (C=O) groups is 3. The number of hydrogen-bond acceptors (Lipinski definition) is 9. The van der Waals surface area contributed by atoms with Gasteiger partial charge in [0.25, 0.3) is 5.91 Å². The van der Waals surface area contributed by atoms with Crippen LogP contribution in [0.4, 0.5) is 11.4 Å². The number of amides is 3. The van der Waals surface area contributed by atoms with Crippen LogP contribution in [0.5, 0.6) is 11.5 Å². The Balaban J connectivity index is 1.22. The molecule has 0 spiro atoms. The van der Waals surface area contributed by atoms with Crippen molar-refractivity contribution in [2.45, 2.75) is 37.6 Å². The summed E-state index contributed by atoms with van der Waals surface area (Å²) in [7, 11) is 0. The highest BCUT2D eigenvalue weighted by Gasteiger charge is 2.43. The maximum atomic E-state index is 13.3. The van der Waals surface area contributed by atoms with Crippen LogP contribution < -0.4 is 20.1 Å². The minimum absolute atomic E-state index is 0.130. The molecule has 3 aromatic rings. The van der Waals surface area contributed by atoms with Gasteiger partial charge in [0.05, 0.1) is 30.2 Å². The number of anilines is 1. The number of carbonyl (C=O) groups excluding carboxylic acids is 3. The van der Waals surface area contributed by atoms with Crippen molar-refractivity contribution in [1.29, 1.82) is 0 Å². The predicted molar refractivity (Wildman–Crippen MR) is 149 cm³/mol. The first-order chi connectivity index (χ1) is 19.5. The van der Waals surface area contributed by atoms with Crippen LogP contribution >= 0.6 is 11.8 Å². The molecule has 4 heterocycles. The molecule has 0 aliphatic carbocycles. The van der Waals surface area contributed by atoms with Crippen molar-refractivity contribution in [2.24, 2.45) is 9.98 Å². The molecule has 2 aromatic carbocycles. The van der Waals surface area contributed by atoms with Gasteiger partial charge in [-0.15, -0.1) is 0 Å². The third-order valence-electron chi connectivity index (χ3n) is 6.58. The summed E-state index contributed by atoms with van der Waals surface area (Å²) in [6.45, 7) is 2.25. The number of aliphatic imine (C=N–C) groups is 2. The third-order valence-corrected chi connectivity index (χ3v) is 7.91. The molecule has 204 valence electrons. The van der Waals surface area contributed by atoms with Gasteiger partial charge < -0.3 is 24.5 Å². The highest BCUT2D eigenvalue weighted by molar-refractivity contribution is 8.15. The highest BCUT2D eigenvalue weighted by atomic mass is 32.2. The fourth-order valence-corrected chi connectivity index (χ4v) is 5.64. The van der Waals surface area contributed by atoms with E-state index in [0.717, 1.165) is 0 Å². The monoisotopic (exact) mass is 559 g/mol. The number of nitrogens with one attached hydrogen (secondary N) is 2. The first-order valence-corrected chi connectivity index (χ1v) is 13.6. The summed E-state index contributed by atoms with van der Waals surface area (Å²) in [5.74, 6) is 1.22. The van der Waals surface area contributed by atoms with E-state index in [1.165, 1.54) is 18.0 Å². The van der Waals surface area contributed by atoms with Gasteiger partial charge in [0.2, 0.25) is 18.6 Å². The average molecular weight is 560 g/mol. The highest BCUT2D eigenvalue weighted by Crippen LogP contribution is 2.37. The van der Waals surface area contributed by atoms with E-state index in [-0.39, 0.29) is 31.6 Å². The molecule has 12 heteroatoms. The van der Waals surface area contributed by atoms with Crippen LogP contribution in [0, 0.1) is 0 Å². The van der Waals surface area contributed by atoms with E-state index >= 15 is 0 Å². The quantitative estimate of drug-likeness (QED) is 0.425. The number of hydrogen-bond donors (Lipinski definition) is 2. The molecule has 0 bridgehead atoms. The molecule has 2 N–H and O–H groups in total. The van der Waals surface area contributed by atoms with E-state index in [9.17, 15) is 14.4 Å². The summed E-state index contributed by atoms with van der Waals surface area (Å²) >= 11 is 1.23. The van der Waals surface area contributed by atoms with Crippen molar-refractivity contribution < 1.29 is 28.3 Å². The molecule has 2 atom stereocenters. The van der Waals surface area contributed by atoms with Gasteiger partial charge in [-0.3, -0.25) is 19.3 Å². The van der Waals surface area contributed by atoms with Gasteiger partial charge in [0.1, 0.15) is 17.6 Å². The van der Waals surface area contributed by atoms with Crippen LogP contribution in [-0.2, 0) is 20.9 Å². The topological polar surface area (TPSA) is 135 Å². The Morgan fingerprint density at radius 2 is 1.95 bits per heavy atom. The van der Waals surface area contributed by atoms with Gasteiger partial charge in [0.15, 0.2) is 16.7 Å². The Labute approximate surface area is 233 Å². The zero-order valence-electron chi connectivity index (χ0n) is 21.5. The second-order valence-electron chi connectivity index (χ2n) is 9.20. The molecule has 40 heavy (non-hydrogen) atoms. The summed E-state index contributed by atoms with van der Waals surface area (Å²) in [6, 6.07) is 15.2. The number of fused-ring (bicyclic) bond motifs is 4. The molecule has 3 amide bonds. The molecule has 6 rings (SSSR count). The summed E-state index contributed by atoms with van der Waals surface area (Å²) in [4.78, 5) is 50.0. The predicted octanol–water partition coefficient (Wildman–Crippen LogP) is 3.82. The Bertz CT molecular complexity index is 1540. The summed E-state index contributed by atoms with van der Waals surface area (Å²) in [5.41, 5.74) is 1.91. The molecule has 0 saturated carbocycles. The molecule has 1 aromatic heterocycles. The van der Waals surface area contributed by atoms with Crippen molar-refractivity contribution >= 4 is 51.9 Å². The molecular formula is C28H25N5O6S. The number of nitrogens with zero attached hydrogens (tertiary/aromatic N) is 3. The molecule has 0 fully saturated rings. The van der Waals surface area contributed by atoms with Crippen molar-refractivity contribution in [3.8, 4) is 11.5 Å². The zero-order valence-corrected chi connectivity index (χ0v) is 22.3. The summed E-state index contributed by atoms with van der Waals surface area (Å²) in [5, 5.41) is 5.61. The first-order valence-electron chi connectivity index (χ1n) is 12.8. The Hall–Kier alpha value is -4.58. The lowest BCUT2D eigenvalue weighted by atomic mass is 10.1. The smallest absolute Gasteiger partial charge is 0.271 e. The van der Waals surface area contributed by atoms with Gasteiger partial charge in [0, 0.05) is 17.3 Å². The van der Waals surface area contributed by atoms with Crippen LogP contribution in [0.15, 0.2) is 75.3 Å². The van der Waals surface area contributed by atoms with Gasteiger partial charge in [-0.05, 0) is 42.8 Å². The van der Waals surface area contributed by atoms with Crippen LogP contribution in [0.25, 0.3) is 0 Å². The molecule has 2 unspecified atom stereocenters. The summed E-state index contributed by atoms with van der Waals surface area (Å²) < 4.78 is 16.0. The Kier molecular flexibility index (Phi) is 6.99. The number of amidine groups is 2. The summed E-state index contributed by atoms with van der Waals surface area (Å²) in [6.07, 6.45) is 1.89. The van der Waals surface area contributed by atoms with E-state index < -0.39 is 17.2 Å². The first kappa shape index (κ1) is 25.7. The van der Waals surface area contributed by atoms with Gasteiger partial charge in [-0.2, -0.15) is 4.99 Å². The molecule has 0 saturated heterocycles. The van der Waals surface area contributed by atoms with Crippen molar-refractivity contribution in [3.05, 3.63) is 72.2 Å². The number of benzene rings is 2. The standard InChI is InChI=1S/C28H25N5O6S/c1-2-23(27(36)30-16-9-10-21-22(12-16)39-15-38-21)40-28-31-19-8-4-3-7-18(19)25-32-26(35)20(33(25)28)13-24(34)29-14-17-6-5-11-37-17/h3-12,20,23H,2,13-15H2,1H3,(H,29,34)(H,30,36). The molecule has 3 aliphatic rings. The minimum atomic E-state index is -0.888. The Morgan fingerprint density at radius 3 is 2.77 bits per heavy atom.